The molecule has 1 aliphatic heterocycles. The predicted molar refractivity (Wildman–Crippen MR) is 125 cm³/mol. The third kappa shape index (κ3) is 3.39. The number of rotatable bonds is 5. The summed E-state index contributed by atoms with van der Waals surface area (Å²) in [5.41, 5.74) is 3.07. The standard InChI is InChI=1S/C25H25FN4O5/c1-34-19-9-16(2-3-17(19)26)30-18-8-14-12-27-29-23(14)28-21(18)20(15-10-25(33,11-15)24(31)32)22(30)13-4-6-35-7-5-13/h2-3,8-9,12-13,15,33H,4-7,10-11H2,1H3,(H,31,32)(H,27,28,29)/t15-,25+. The minimum Gasteiger partial charge on any atom is -0.494 e. The summed E-state index contributed by atoms with van der Waals surface area (Å²) in [5.74, 6) is -1.60. The minimum absolute atomic E-state index is 0.104. The van der Waals surface area contributed by atoms with Gasteiger partial charge in [0.05, 0.1) is 24.3 Å². The molecule has 10 heteroatoms. The lowest BCUT2D eigenvalue weighted by molar-refractivity contribution is -0.169. The number of fused-ring (bicyclic) bond motifs is 2. The molecule has 2 aliphatic rings. The number of halogens is 1. The highest BCUT2D eigenvalue weighted by molar-refractivity contribution is 5.94. The van der Waals surface area contributed by atoms with Crippen LogP contribution in [0.5, 0.6) is 5.75 Å². The quantitative estimate of drug-likeness (QED) is 0.399. The Labute approximate surface area is 199 Å². The minimum atomic E-state index is -1.75. The van der Waals surface area contributed by atoms with E-state index in [4.69, 9.17) is 14.5 Å². The van der Waals surface area contributed by atoms with Gasteiger partial charge < -0.3 is 24.3 Å². The number of carboxylic acid groups (broad SMARTS) is 1. The van der Waals surface area contributed by atoms with E-state index in [1.165, 1.54) is 13.2 Å². The number of carbonyl (C=O) groups is 1. The zero-order valence-corrected chi connectivity index (χ0v) is 19.1. The van der Waals surface area contributed by atoms with Gasteiger partial charge in [-0.05, 0) is 49.8 Å². The van der Waals surface area contributed by atoms with Crippen molar-refractivity contribution >= 4 is 28.0 Å². The Morgan fingerprint density at radius 3 is 2.74 bits per heavy atom. The second kappa shape index (κ2) is 8.03. The first-order chi connectivity index (χ1) is 16.9. The SMILES string of the molecule is COc1cc(-n2c(C3CCOCC3)c([C@H]3C[C@](O)(C(=O)O)C3)c3nc4[nH]ncc4cc32)ccc1F. The monoisotopic (exact) mass is 480 g/mol. The maximum absolute atomic E-state index is 14.3. The molecule has 0 spiro atoms. The lowest BCUT2D eigenvalue weighted by Crippen LogP contribution is -2.49. The normalized spacial score (nSPS) is 23.0. The second-order valence-electron chi connectivity index (χ2n) is 9.45. The number of aliphatic hydroxyl groups is 1. The van der Waals surface area contributed by atoms with E-state index < -0.39 is 17.4 Å². The number of aliphatic carboxylic acids is 1. The van der Waals surface area contributed by atoms with Crippen LogP contribution in [0, 0.1) is 5.82 Å². The fourth-order valence-electron chi connectivity index (χ4n) is 5.58. The zero-order valence-electron chi connectivity index (χ0n) is 19.1. The van der Waals surface area contributed by atoms with Crippen molar-refractivity contribution in [2.24, 2.45) is 0 Å². The molecule has 0 amide bonds. The first kappa shape index (κ1) is 22.0. The molecule has 3 N–H and O–H groups in total. The van der Waals surface area contributed by atoms with Gasteiger partial charge in [0, 0.05) is 47.5 Å². The molecule has 2 fully saturated rings. The lowest BCUT2D eigenvalue weighted by atomic mass is 9.67. The Morgan fingerprint density at radius 1 is 1.26 bits per heavy atom. The molecule has 4 heterocycles. The Hall–Kier alpha value is -3.50. The molecule has 0 radical (unpaired) electrons. The number of nitrogens with one attached hydrogen (secondary N) is 1. The van der Waals surface area contributed by atoms with Crippen LogP contribution in [0.3, 0.4) is 0 Å². The lowest BCUT2D eigenvalue weighted by Gasteiger charge is -2.41. The number of hydrogen-bond acceptors (Lipinski definition) is 6. The summed E-state index contributed by atoms with van der Waals surface area (Å²) in [7, 11) is 1.43. The van der Waals surface area contributed by atoms with Gasteiger partial charge in [0.25, 0.3) is 0 Å². The summed E-state index contributed by atoms with van der Waals surface area (Å²) in [4.78, 5) is 16.5. The number of hydrogen-bond donors (Lipinski definition) is 3. The van der Waals surface area contributed by atoms with E-state index in [0.29, 0.717) is 18.9 Å². The Morgan fingerprint density at radius 2 is 2.03 bits per heavy atom. The molecule has 4 aromatic rings. The first-order valence-corrected chi connectivity index (χ1v) is 11.7. The van der Waals surface area contributed by atoms with Crippen LogP contribution in [0.1, 0.15) is 48.8 Å². The van der Waals surface area contributed by atoms with E-state index in [2.05, 4.69) is 14.8 Å². The molecule has 9 nitrogen and oxygen atoms in total. The summed E-state index contributed by atoms with van der Waals surface area (Å²) in [6.07, 6.45) is 3.48. The highest BCUT2D eigenvalue weighted by atomic mass is 19.1. The van der Waals surface area contributed by atoms with Crippen molar-refractivity contribution in [3.63, 3.8) is 0 Å². The molecule has 1 aromatic carbocycles. The van der Waals surface area contributed by atoms with E-state index in [1.807, 2.05) is 6.07 Å². The number of H-pyrrole nitrogens is 1. The van der Waals surface area contributed by atoms with Crippen LogP contribution in [-0.4, -0.2) is 61.9 Å². The van der Waals surface area contributed by atoms with Gasteiger partial charge in [0.2, 0.25) is 0 Å². The molecule has 182 valence electrons. The van der Waals surface area contributed by atoms with Gasteiger partial charge in [-0.15, -0.1) is 0 Å². The summed E-state index contributed by atoms with van der Waals surface area (Å²) in [5, 5.41) is 27.9. The number of benzene rings is 1. The van der Waals surface area contributed by atoms with Crippen LogP contribution >= 0.6 is 0 Å². The van der Waals surface area contributed by atoms with Crippen molar-refractivity contribution in [1.29, 1.82) is 0 Å². The molecule has 1 aliphatic carbocycles. The van der Waals surface area contributed by atoms with E-state index >= 15 is 0 Å². The van der Waals surface area contributed by atoms with Gasteiger partial charge >= 0.3 is 5.97 Å². The molecule has 1 saturated heterocycles. The fraction of sp³-hybridized carbons (Fsp3) is 0.400. The number of carboxylic acids is 1. The number of pyridine rings is 1. The van der Waals surface area contributed by atoms with E-state index in [1.54, 1.807) is 18.3 Å². The summed E-state index contributed by atoms with van der Waals surface area (Å²) in [6.45, 7) is 1.22. The van der Waals surface area contributed by atoms with E-state index in [-0.39, 0.29) is 30.4 Å². The number of nitrogens with zero attached hydrogens (tertiary/aromatic N) is 3. The van der Waals surface area contributed by atoms with Crippen molar-refractivity contribution < 1.29 is 28.9 Å². The highest BCUT2D eigenvalue weighted by Crippen LogP contribution is 2.51. The van der Waals surface area contributed by atoms with E-state index in [9.17, 15) is 19.4 Å². The predicted octanol–water partition coefficient (Wildman–Crippen LogP) is 3.64. The molecule has 1 saturated carbocycles. The van der Waals surface area contributed by atoms with Crippen molar-refractivity contribution in [2.45, 2.75) is 43.1 Å². The van der Waals surface area contributed by atoms with Crippen molar-refractivity contribution in [1.82, 2.24) is 19.7 Å². The fourth-order valence-corrected chi connectivity index (χ4v) is 5.58. The third-order valence-corrected chi connectivity index (χ3v) is 7.39. The molecule has 6 rings (SSSR count). The van der Waals surface area contributed by atoms with Gasteiger partial charge in [-0.3, -0.25) is 5.10 Å². The van der Waals surface area contributed by atoms with Crippen LogP contribution in [0.2, 0.25) is 0 Å². The number of methoxy groups -OCH3 is 1. The molecule has 0 bridgehead atoms. The van der Waals surface area contributed by atoms with Gasteiger partial charge in [0.15, 0.2) is 22.8 Å². The Balaban J connectivity index is 1.65. The van der Waals surface area contributed by atoms with Crippen LogP contribution in [-0.2, 0) is 9.53 Å². The average Bonchev–Trinajstić information content (AvgIpc) is 3.43. The van der Waals surface area contributed by atoms with Gasteiger partial charge in [-0.2, -0.15) is 5.10 Å². The molecular formula is C25H25FN4O5. The summed E-state index contributed by atoms with van der Waals surface area (Å²) < 4.78 is 27.3. The zero-order chi connectivity index (χ0) is 24.3. The van der Waals surface area contributed by atoms with Crippen LogP contribution in [0.15, 0.2) is 30.5 Å². The van der Waals surface area contributed by atoms with E-state index in [0.717, 1.165) is 46.2 Å². The molecule has 3 aromatic heterocycles. The van der Waals surface area contributed by atoms with Crippen molar-refractivity contribution in [2.75, 3.05) is 20.3 Å². The van der Waals surface area contributed by atoms with Crippen molar-refractivity contribution in [3.05, 3.63) is 47.5 Å². The van der Waals surface area contributed by atoms with Crippen molar-refractivity contribution in [3.8, 4) is 11.4 Å². The van der Waals surface area contributed by atoms with Crippen LogP contribution in [0.4, 0.5) is 4.39 Å². The number of ether oxygens (including phenoxy) is 2. The highest BCUT2D eigenvalue weighted by Gasteiger charge is 2.51. The Kier molecular flexibility index (Phi) is 5.05. The summed E-state index contributed by atoms with van der Waals surface area (Å²) >= 11 is 0. The van der Waals surface area contributed by atoms with Gasteiger partial charge in [-0.1, -0.05) is 0 Å². The smallest absolute Gasteiger partial charge is 0.335 e. The van der Waals surface area contributed by atoms with Gasteiger partial charge in [-0.25, -0.2) is 14.2 Å². The number of aromatic nitrogens is 4. The second-order valence-corrected chi connectivity index (χ2v) is 9.45. The van der Waals surface area contributed by atoms with Crippen LogP contribution in [0.25, 0.3) is 27.8 Å². The first-order valence-electron chi connectivity index (χ1n) is 11.7. The molecular weight excluding hydrogens is 455 g/mol. The maximum Gasteiger partial charge on any atom is 0.335 e. The maximum atomic E-state index is 14.3. The van der Waals surface area contributed by atoms with Crippen LogP contribution < -0.4 is 4.74 Å². The third-order valence-electron chi connectivity index (χ3n) is 7.39. The topological polar surface area (TPSA) is 122 Å². The molecule has 35 heavy (non-hydrogen) atoms. The Bertz CT molecular complexity index is 1450. The summed E-state index contributed by atoms with van der Waals surface area (Å²) in [6, 6.07) is 6.74. The molecule has 0 unspecified atom stereocenters. The largest absolute Gasteiger partial charge is 0.494 e. The average molecular weight is 480 g/mol. The molecule has 0 atom stereocenters. The van der Waals surface area contributed by atoms with Gasteiger partial charge in [0.1, 0.15) is 0 Å². The number of aromatic amines is 1.